The van der Waals surface area contributed by atoms with Crippen molar-refractivity contribution in [3.05, 3.63) is 52.9 Å². The van der Waals surface area contributed by atoms with Crippen molar-refractivity contribution in [1.82, 2.24) is 0 Å². The first-order valence-electron chi connectivity index (χ1n) is 11.1. The molecule has 5 nitrogen and oxygen atoms in total. The minimum atomic E-state index is -0.368. The highest BCUT2D eigenvalue weighted by Gasteiger charge is 2.57. The molecule has 0 amide bonds. The van der Waals surface area contributed by atoms with Gasteiger partial charge in [-0.05, 0) is 55.2 Å². The quantitative estimate of drug-likeness (QED) is 0.368. The lowest BCUT2D eigenvalue weighted by Gasteiger charge is -2.59. The summed E-state index contributed by atoms with van der Waals surface area (Å²) in [6, 6.07) is 8.77. The summed E-state index contributed by atoms with van der Waals surface area (Å²) in [6.07, 6.45) is 3.78. The summed E-state index contributed by atoms with van der Waals surface area (Å²) >= 11 is 0. The van der Waals surface area contributed by atoms with E-state index in [0.717, 1.165) is 31.1 Å². The predicted molar refractivity (Wildman–Crippen MR) is 120 cm³/mol. The van der Waals surface area contributed by atoms with Crippen LogP contribution in [0.4, 0.5) is 0 Å². The van der Waals surface area contributed by atoms with Crippen LogP contribution in [0.3, 0.4) is 0 Å². The van der Waals surface area contributed by atoms with Crippen LogP contribution in [0, 0.1) is 22.7 Å². The van der Waals surface area contributed by atoms with Gasteiger partial charge in [0.25, 0.3) is 0 Å². The molecule has 1 aromatic heterocycles. The molecule has 0 radical (unpaired) electrons. The maximum Gasteiger partial charge on any atom is 0.336 e. The Morgan fingerprint density at radius 1 is 1.19 bits per heavy atom. The third-order valence-electron chi connectivity index (χ3n) is 7.83. The summed E-state index contributed by atoms with van der Waals surface area (Å²) in [4.78, 5) is 23.2. The molecule has 2 fully saturated rings. The normalized spacial score (nSPS) is 29.9. The van der Waals surface area contributed by atoms with Crippen LogP contribution in [0.1, 0.15) is 53.4 Å². The molecular weight excluding hydrogens is 392 g/mol. The van der Waals surface area contributed by atoms with E-state index in [1.807, 2.05) is 12.1 Å². The van der Waals surface area contributed by atoms with Crippen LogP contribution in [0.5, 0.6) is 5.75 Å². The Morgan fingerprint density at radius 3 is 2.68 bits per heavy atom. The molecule has 1 aromatic carbocycles. The van der Waals surface area contributed by atoms with E-state index in [1.165, 1.54) is 18.6 Å². The number of ether oxygens (including phenoxy) is 2. The van der Waals surface area contributed by atoms with Gasteiger partial charge in [-0.25, -0.2) is 4.79 Å². The third kappa shape index (κ3) is 3.90. The molecule has 0 aliphatic heterocycles. The van der Waals surface area contributed by atoms with Gasteiger partial charge in [0, 0.05) is 35.8 Å². The number of fused-ring (bicyclic) bond motifs is 2. The van der Waals surface area contributed by atoms with Crippen molar-refractivity contribution in [3.63, 3.8) is 0 Å². The fraction of sp³-hybridized carbons (Fsp3) is 0.538. The van der Waals surface area contributed by atoms with E-state index in [2.05, 4.69) is 27.4 Å². The highest BCUT2D eigenvalue weighted by molar-refractivity contribution is 5.77. The molecule has 4 atom stereocenters. The first-order valence-corrected chi connectivity index (χ1v) is 11.1. The molecule has 2 aliphatic rings. The van der Waals surface area contributed by atoms with Crippen LogP contribution in [0.25, 0.3) is 11.0 Å². The average Bonchev–Trinajstić information content (AvgIpc) is 2.69. The molecule has 5 heteroatoms. The molecule has 0 N–H and O–H groups in total. The van der Waals surface area contributed by atoms with E-state index in [-0.39, 0.29) is 34.4 Å². The first-order chi connectivity index (χ1) is 14.6. The van der Waals surface area contributed by atoms with E-state index in [0.29, 0.717) is 23.9 Å². The van der Waals surface area contributed by atoms with Gasteiger partial charge in [0.15, 0.2) is 0 Å². The number of carbonyl (C=O) groups excluding carboxylic acids is 1. The van der Waals surface area contributed by atoms with Gasteiger partial charge in [0.2, 0.25) is 0 Å². The zero-order valence-corrected chi connectivity index (χ0v) is 18.9. The van der Waals surface area contributed by atoms with E-state index >= 15 is 0 Å². The molecule has 0 unspecified atom stereocenters. The number of hydrogen-bond acceptors (Lipinski definition) is 5. The fourth-order valence-electron chi connectivity index (χ4n) is 6.18. The SMILES string of the molecule is C=C1CC[C@@H]2C(C)(C)[C@H](OC(C)=O)CC[C@@]2(C)[C@H]1COc1ccc2ccc(=O)oc2c1. The van der Waals surface area contributed by atoms with Crippen molar-refractivity contribution < 1.29 is 18.7 Å². The van der Waals surface area contributed by atoms with Crippen molar-refractivity contribution in [2.75, 3.05) is 6.61 Å². The molecule has 2 aliphatic carbocycles. The first kappa shape index (κ1) is 21.7. The maximum absolute atomic E-state index is 11.6. The number of esters is 1. The highest BCUT2D eigenvalue weighted by atomic mass is 16.5. The summed E-state index contributed by atoms with van der Waals surface area (Å²) in [5, 5.41) is 0.867. The van der Waals surface area contributed by atoms with Gasteiger partial charge < -0.3 is 13.9 Å². The molecule has 2 saturated carbocycles. The minimum Gasteiger partial charge on any atom is -0.493 e. The van der Waals surface area contributed by atoms with Gasteiger partial charge in [0.1, 0.15) is 17.4 Å². The zero-order valence-electron chi connectivity index (χ0n) is 18.9. The maximum atomic E-state index is 11.6. The van der Waals surface area contributed by atoms with E-state index in [4.69, 9.17) is 13.9 Å². The van der Waals surface area contributed by atoms with Gasteiger partial charge in [-0.3, -0.25) is 4.79 Å². The van der Waals surface area contributed by atoms with E-state index in [9.17, 15) is 9.59 Å². The Labute approximate surface area is 183 Å². The highest BCUT2D eigenvalue weighted by Crippen LogP contribution is 2.61. The second-order valence-corrected chi connectivity index (χ2v) is 10.0. The van der Waals surface area contributed by atoms with Crippen LogP contribution in [-0.2, 0) is 9.53 Å². The van der Waals surface area contributed by atoms with Crippen molar-refractivity contribution in [2.24, 2.45) is 22.7 Å². The third-order valence-corrected chi connectivity index (χ3v) is 7.83. The second-order valence-electron chi connectivity index (χ2n) is 10.0. The van der Waals surface area contributed by atoms with Crippen LogP contribution < -0.4 is 10.4 Å². The summed E-state index contributed by atoms with van der Waals surface area (Å²) < 4.78 is 17.2. The number of carbonyl (C=O) groups is 1. The molecule has 2 aromatic rings. The van der Waals surface area contributed by atoms with Crippen LogP contribution in [0.2, 0.25) is 0 Å². The van der Waals surface area contributed by atoms with Gasteiger partial charge >= 0.3 is 11.6 Å². The molecule has 166 valence electrons. The van der Waals surface area contributed by atoms with Crippen LogP contribution >= 0.6 is 0 Å². The molecule has 0 bridgehead atoms. The van der Waals surface area contributed by atoms with E-state index in [1.54, 1.807) is 12.1 Å². The number of hydrogen-bond donors (Lipinski definition) is 0. The second kappa shape index (κ2) is 7.85. The summed E-state index contributed by atoms with van der Waals surface area (Å²) in [5.74, 6) is 1.10. The summed E-state index contributed by atoms with van der Waals surface area (Å²) in [6.45, 7) is 13.2. The summed E-state index contributed by atoms with van der Waals surface area (Å²) in [7, 11) is 0. The molecule has 0 spiro atoms. The van der Waals surface area contributed by atoms with Crippen molar-refractivity contribution in [2.45, 2.75) is 59.5 Å². The van der Waals surface area contributed by atoms with E-state index < -0.39 is 0 Å². The molecule has 1 heterocycles. The topological polar surface area (TPSA) is 65.7 Å². The largest absolute Gasteiger partial charge is 0.493 e. The van der Waals surface area contributed by atoms with Crippen LogP contribution in [-0.4, -0.2) is 18.7 Å². The molecule has 4 rings (SSSR count). The average molecular weight is 425 g/mol. The number of benzene rings is 1. The minimum absolute atomic E-state index is 0.0267. The molecule has 31 heavy (non-hydrogen) atoms. The number of rotatable bonds is 4. The fourth-order valence-corrected chi connectivity index (χ4v) is 6.18. The van der Waals surface area contributed by atoms with Gasteiger partial charge in [-0.2, -0.15) is 0 Å². The Balaban J connectivity index is 1.56. The van der Waals surface area contributed by atoms with Crippen molar-refractivity contribution in [3.8, 4) is 5.75 Å². The molecular formula is C26H32O5. The molecule has 0 saturated heterocycles. The lowest BCUT2D eigenvalue weighted by atomic mass is 9.47. The van der Waals surface area contributed by atoms with Gasteiger partial charge in [0.05, 0.1) is 6.61 Å². The van der Waals surface area contributed by atoms with Crippen LogP contribution in [0.15, 0.2) is 51.7 Å². The smallest absolute Gasteiger partial charge is 0.336 e. The Kier molecular flexibility index (Phi) is 5.48. The lowest BCUT2D eigenvalue weighted by Crippen LogP contribution is -2.56. The van der Waals surface area contributed by atoms with Crippen molar-refractivity contribution >= 4 is 16.9 Å². The van der Waals surface area contributed by atoms with Gasteiger partial charge in [-0.15, -0.1) is 0 Å². The van der Waals surface area contributed by atoms with Gasteiger partial charge in [-0.1, -0.05) is 32.9 Å². The Bertz CT molecular complexity index is 1060. The predicted octanol–water partition coefficient (Wildman–Crippen LogP) is 5.51. The summed E-state index contributed by atoms with van der Waals surface area (Å²) in [5.41, 5.74) is 1.31. The lowest BCUT2D eigenvalue weighted by molar-refractivity contribution is -0.175. The Morgan fingerprint density at radius 2 is 1.94 bits per heavy atom. The standard InChI is InChI=1S/C26H32O5/c1-16-6-10-22-25(3,4)23(30-17(2)27)12-13-26(22,5)20(16)15-29-19-9-7-18-8-11-24(28)31-21(18)14-19/h7-9,11,14,20,22-23H,1,6,10,12-13,15H2,2-5H3/t20-,22+,23+,26-/m0/s1. The Hall–Kier alpha value is -2.56. The van der Waals surface area contributed by atoms with Crippen molar-refractivity contribution in [1.29, 1.82) is 0 Å². The zero-order chi connectivity index (χ0) is 22.4. The monoisotopic (exact) mass is 424 g/mol.